The van der Waals surface area contributed by atoms with Crippen LogP contribution in [-0.4, -0.2) is 95.1 Å². The lowest BCUT2D eigenvalue weighted by Crippen LogP contribution is -2.30. The van der Waals surface area contributed by atoms with Crippen LogP contribution in [0.25, 0.3) is 44.8 Å². The number of Topliss-reactive ketones (excluding diaryl/α,β-unsaturated/α-hetero) is 1. The fraction of sp³-hybridized carbons (Fsp3) is 0.414. The minimum atomic E-state index is -1.18. The topological polar surface area (TPSA) is 232 Å². The lowest BCUT2D eigenvalue weighted by atomic mass is 9.94. The van der Waals surface area contributed by atoms with Gasteiger partial charge in [-0.1, -0.05) is 195 Å². The van der Waals surface area contributed by atoms with E-state index in [0.29, 0.717) is 82.8 Å². The molecule has 6 aromatic carbocycles. The van der Waals surface area contributed by atoms with E-state index in [1.165, 1.54) is 82.1 Å². The molecular formula is C87H109F2N5O10. The van der Waals surface area contributed by atoms with Crippen LogP contribution in [0.5, 0.6) is 0 Å². The van der Waals surface area contributed by atoms with Gasteiger partial charge < -0.3 is 50.6 Å². The number of aliphatic hydroxyl groups is 4. The molecule has 8 aromatic rings. The van der Waals surface area contributed by atoms with Crippen molar-refractivity contribution in [1.82, 2.24) is 14.5 Å². The molecule has 4 atom stereocenters. The summed E-state index contributed by atoms with van der Waals surface area (Å²) in [5, 5.41) is 60.7. The quantitative estimate of drug-likeness (QED) is 0.0133. The highest BCUT2D eigenvalue weighted by atomic mass is 19.1. The van der Waals surface area contributed by atoms with Crippen LogP contribution in [0.1, 0.15) is 220 Å². The zero-order valence-corrected chi connectivity index (χ0v) is 61.4. The Morgan fingerprint density at radius 1 is 0.442 bits per heavy atom. The first-order valence-corrected chi connectivity index (χ1v) is 37.5. The normalized spacial score (nSPS) is 12.6. The summed E-state index contributed by atoms with van der Waals surface area (Å²) >= 11 is 0. The third kappa shape index (κ3) is 26.2. The number of carboxylic acids is 1. The molecular weight excluding hydrogens is 1310 g/mol. The smallest absolute Gasteiger partial charge is 0.305 e. The van der Waals surface area contributed by atoms with Crippen LogP contribution < -0.4 is 16.0 Å². The number of nitrogens with zero attached hydrogens (tertiary/aromatic N) is 2. The number of allylic oxidation sites excluding steroid dienone is 2. The maximum Gasteiger partial charge on any atom is 0.305 e. The first-order valence-electron chi connectivity index (χ1n) is 37.5. The second-order valence-electron chi connectivity index (χ2n) is 27.8. The average molecular weight is 1420 g/mol. The summed E-state index contributed by atoms with van der Waals surface area (Å²) in [5.74, 6) is -2.82. The minimum absolute atomic E-state index is 0.0150. The van der Waals surface area contributed by atoms with Crippen LogP contribution in [0, 0.1) is 11.6 Å². The number of amides is 3. The molecule has 556 valence electrons. The van der Waals surface area contributed by atoms with Crippen molar-refractivity contribution in [1.29, 1.82) is 0 Å². The Labute approximate surface area is 613 Å². The van der Waals surface area contributed by atoms with Crippen molar-refractivity contribution in [2.45, 2.75) is 225 Å². The third-order valence-corrected chi connectivity index (χ3v) is 18.5. The molecule has 0 radical (unpaired) electrons. The first kappa shape index (κ1) is 82.2. The average Bonchev–Trinajstić information content (AvgIpc) is 1.60. The SMILES string of the molecule is CC(C)c1c(C(=O)Nc2ccccc2)c(-c2ccccc2)c(-c2ccc(F)cc2)n1CC[C@@H](O)C[C@@H](O)CC(=O)O.CCCCCCCC/C=C\CCCCCCCC(=O)CCCNC(=O)C[C@H](O)C[C@H](O)CCn1c(-c2ccc(F)cc2)c(-c2ccccc2)c(C(=O)Nc2ccccc2)c1C(C)C. The number of nitrogens with one attached hydrogen (secondary N) is 3. The van der Waals surface area contributed by atoms with E-state index >= 15 is 0 Å². The molecule has 17 heteroatoms. The molecule has 3 amide bonds. The highest BCUT2D eigenvalue weighted by Gasteiger charge is 2.33. The van der Waals surface area contributed by atoms with Gasteiger partial charge in [-0.05, 0) is 171 Å². The lowest BCUT2D eigenvalue weighted by Gasteiger charge is -2.20. The Balaban J connectivity index is 0.000000317. The summed E-state index contributed by atoms with van der Waals surface area (Å²) in [6, 6.07) is 49.9. The molecule has 0 fully saturated rings. The summed E-state index contributed by atoms with van der Waals surface area (Å²) < 4.78 is 32.3. The number of aliphatic hydroxyl groups excluding tert-OH is 4. The largest absolute Gasteiger partial charge is 0.481 e. The number of para-hydroxylation sites is 2. The van der Waals surface area contributed by atoms with Gasteiger partial charge in [0.05, 0.1) is 59.8 Å². The van der Waals surface area contributed by atoms with Crippen molar-refractivity contribution < 1.29 is 58.3 Å². The first-order chi connectivity index (χ1) is 50.2. The Hall–Kier alpha value is -9.13. The van der Waals surface area contributed by atoms with Crippen molar-refractivity contribution in [3.8, 4) is 44.8 Å². The number of benzene rings is 6. The van der Waals surface area contributed by atoms with E-state index in [-0.39, 0.29) is 85.6 Å². The van der Waals surface area contributed by atoms with Gasteiger partial charge in [-0.25, -0.2) is 8.78 Å². The number of rotatable bonds is 43. The van der Waals surface area contributed by atoms with Crippen LogP contribution >= 0.6 is 0 Å². The number of anilines is 2. The number of hydrogen-bond acceptors (Lipinski definition) is 9. The molecule has 2 heterocycles. The van der Waals surface area contributed by atoms with Gasteiger partial charge in [-0.2, -0.15) is 0 Å². The van der Waals surface area contributed by atoms with Crippen molar-refractivity contribution in [2.24, 2.45) is 0 Å². The minimum Gasteiger partial charge on any atom is -0.481 e. The molecule has 0 saturated carbocycles. The maximum atomic E-state index is 14.3. The van der Waals surface area contributed by atoms with Crippen LogP contribution in [0.15, 0.2) is 182 Å². The van der Waals surface area contributed by atoms with E-state index in [2.05, 4.69) is 35.0 Å². The predicted octanol–water partition coefficient (Wildman–Crippen LogP) is 19.0. The second kappa shape index (κ2) is 43.9. The molecule has 2 aromatic heterocycles. The summed E-state index contributed by atoms with van der Waals surface area (Å²) in [5.41, 5.74) is 9.65. The Morgan fingerprint density at radius 2 is 0.817 bits per heavy atom. The van der Waals surface area contributed by atoms with Crippen molar-refractivity contribution in [2.75, 3.05) is 17.2 Å². The van der Waals surface area contributed by atoms with Crippen LogP contribution in [0.2, 0.25) is 0 Å². The molecule has 0 spiro atoms. The van der Waals surface area contributed by atoms with Gasteiger partial charge in [0.2, 0.25) is 5.91 Å². The number of carbonyl (C=O) groups excluding carboxylic acids is 4. The lowest BCUT2D eigenvalue weighted by molar-refractivity contribution is -0.139. The Morgan fingerprint density at radius 3 is 1.22 bits per heavy atom. The third-order valence-electron chi connectivity index (χ3n) is 18.5. The standard InChI is InChI=1S/C54H74FN3O5.C33H35FN2O5/c1-4-5-6-7-8-9-10-11-12-13-14-15-16-17-24-30-46(59)31-25-37-56-49(62)40-48(61)39-47(60)36-38-58-52(41(2)3)51(54(63)57-45-28-22-19-23-29-45)50(42-26-20-18-21-27-42)53(58)43-32-34-44(55)35-33-43;1-21(2)31-30(33(41)35-25-11-7-4-8-12-25)29(22-9-5-3-6-10-22)32(23-13-15-24(34)16-14-23)36(31)18-17-26(37)19-27(38)20-28(39)40/h11-12,18-23,26-29,32-35,41,47-48,60-61H,4-10,13-17,24-25,30-31,36-40H2,1-3H3,(H,56,62)(H,57,63);3-16,21,26-27,37-38H,17-20H2,1-2H3,(H,35,41)(H,39,40)/b12-11-;/t47-,48-;26-,27-/m11/s1. The highest BCUT2D eigenvalue weighted by Crippen LogP contribution is 2.45. The van der Waals surface area contributed by atoms with E-state index in [4.69, 9.17) is 5.11 Å². The molecule has 0 bridgehead atoms. The van der Waals surface area contributed by atoms with E-state index < -0.39 is 36.8 Å². The van der Waals surface area contributed by atoms with Crippen LogP contribution in [0.4, 0.5) is 20.2 Å². The molecule has 8 rings (SSSR count). The number of unbranched alkanes of at least 4 members (excludes halogenated alkanes) is 11. The van der Waals surface area contributed by atoms with Gasteiger partial charge in [0.25, 0.3) is 11.8 Å². The second-order valence-corrected chi connectivity index (χ2v) is 27.8. The summed E-state index contributed by atoms with van der Waals surface area (Å²) in [4.78, 5) is 64.5. The van der Waals surface area contributed by atoms with Crippen molar-refractivity contribution >= 4 is 40.8 Å². The van der Waals surface area contributed by atoms with Crippen molar-refractivity contribution in [3.05, 3.63) is 216 Å². The number of hydrogen-bond donors (Lipinski definition) is 8. The maximum absolute atomic E-state index is 14.3. The molecule has 0 aliphatic rings. The fourth-order valence-corrected chi connectivity index (χ4v) is 13.5. The molecule has 15 nitrogen and oxygen atoms in total. The molecule has 0 unspecified atom stereocenters. The predicted molar refractivity (Wildman–Crippen MR) is 414 cm³/mol. The van der Waals surface area contributed by atoms with E-state index in [1.807, 2.05) is 158 Å². The highest BCUT2D eigenvalue weighted by molar-refractivity contribution is 6.13. The van der Waals surface area contributed by atoms with Gasteiger partial charge in [-0.3, -0.25) is 24.0 Å². The van der Waals surface area contributed by atoms with Gasteiger partial charge in [0.1, 0.15) is 17.4 Å². The monoisotopic (exact) mass is 1420 g/mol. The van der Waals surface area contributed by atoms with Gasteiger partial charge >= 0.3 is 5.97 Å². The fourth-order valence-electron chi connectivity index (χ4n) is 13.5. The number of halogens is 2. The summed E-state index contributed by atoms with van der Waals surface area (Å²) in [7, 11) is 0. The van der Waals surface area contributed by atoms with E-state index in [9.17, 15) is 53.2 Å². The van der Waals surface area contributed by atoms with Crippen molar-refractivity contribution in [3.63, 3.8) is 0 Å². The molecule has 0 saturated heterocycles. The number of aliphatic carboxylic acids is 1. The molecule has 8 N–H and O–H groups in total. The van der Waals surface area contributed by atoms with E-state index in [0.717, 1.165) is 53.9 Å². The molecule has 0 aliphatic carbocycles. The number of aromatic nitrogens is 2. The Kier molecular flexibility index (Phi) is 34.6. The zero-order chi connectivity index (χ0) is 74.8. The van der Waals surface area contributed by atoms with Gasteiger partial charge in [0.15, 0.2) is 0 Å². The number of carbonyl (C=O) groups is 5. The van der Waals surface area contributed by atoms with Gasteiger partial charge in [0, 0.05) is 66.4 Å². The molecule has 104 heavy (non-hydrogen) atoms. The Bertz CT molecular complexity index is 3930. The number of carboxylic acid groups (broad SMARTS) is 1. The number of ketones is 1. The summed E-state index contributed by atoms with van der Waals surface area (Å²) in [6.45, 7) is 11.2. The molecule has 0 aliphatic heterocycles. The zero-order valence-electron chi connectivity index (χ0n) is 61.4. The van der Waals surface area contributed by atoms with E-state index in [1.54, 1.807) is 24.3 Å². The summed E-state index contributed by atoms with van der Waals surface area (Å²) in [6.07, 6.45) is 17.6. The van der Waals surface area contributed by atoms with Crippen LogP contribution in [-0.2, 0) is 27.5 Å². The van der Waals surface area contributed by atoms with Crippen LogP contribution in [0.3, 0.4) is 0 Å². The van der Waals surface area contributed by atoms with Gasteiger partial charge in [-0.15, -0.1) is 0 Å².